The first-order valence-corrected chi connectivity index (χ1v) is 7.28. The van der Waals surface area contributed by atoms with Gasteiger partial charge in [-0.15, -0.1) is 0 Å². The van der Waals surface area contributed by atoms with E-state index in [4.69, 9.17) is 5.73 Å². The van der Waals surface area contributed by atoms with Crippen LogP contribution in [0.2, 0.25) is 0 Å². The summed E-state index contributed by atoms with van der Waals surface area (Å²) in [4.78, 5) is 15.5. The Labute approximate surface area is 118 Å². The van der Waals surface area contributed by atoms with Crippen molar-refractivity contribution in [2.24, 2.45) is 5.41 Å². The molecule has 4 heteroatoms. The lowest BCUT2D eigenvalue weighted by atomic mass is 9.67. The lowest BCUT2D eigenvalue weighted by Gasteiger charge is -2.41. The van der Waals surface area contributed by atoms with E-state index in [1.165, 1.54) is 19.3 Å². The average Bonchev–Trinajstić information content (AvgIpc) is 2.80. The van der Waals surface area contributed by atoms with Gasteiger partial charge in [0, 0.05) is 29.3 Å². The number of H-pyrrole nitrogens is 1. The van der Waals surface area contributed by atoms with Crippen molar-refractivity contribution in [3.05, 3.63) is 30.0 Å². The first kappa shape index (κ1) is 13.0. The van der Waals surface area contributed by atoms with Gasteiger partial charge in [0.1, 0.15) is 0 Å². The Morgan fingerprint density at radius 3 is 2.90 bits per heavy atom. The van der Waals surface area contributed by atoms with Crippen molar-refractivity contribution < 1.29 is 4.79 Å². The highest BCUT2D eigenvalue weighted by molar-refractivity contribution is 6.07. The molecule has 1 aliphatic carbocycles. The molecule has 2 aromatic rings. The summed E-state index contributed by atoms with van der Waals surface area (Å²) in [5, 5.41) is 3.98. The fourth-order valence-corrected chi connectivity index (χ4v) is 3.02. The van der Waals surface area contributed by atoms with E-state index < -0.39 is 0 Å². The van der Waals surface area contributed by atoms with Crippen molar-refractivity contribution in [2.75, 3.05) is 12.3 Å². The number of benzene rings is 1. The minimum Gasteiger partial charge on any atom is -0.399 e. The van der Waals surface area contributed by atoms with Crippen LogP contribution in [-0.2, 0) is 0 Å². The quantitative estimate of drug-likeness (QED) is 0.748. The molecule has 0 atom stereocenters. The highest BCUT2D eigenvalue weighted by atomic mass is 16.1. The van der Waals surface area contributed by atoms with Crippen molar-refractivity contribution in [3.63, 3.8) is 0 Å². The van der Waals surface area contributed by atoms with Crippen molar-refractivity contribution in [1.29, 1.82) is 0 Å². The van der Waals surface area contributed by atoms with E-state index >= 15 is 0 Å². The number of nitrogen functional groups attached to an aromatic ring is 1. The lowest BCUT2D eigenvalue weighted by molar-refractivity contribution is 0.0851. The molecule has 4 N–H and O–H groups in total. The summed E-state index contributed by atoms with van der Waals surface area (Å²) in [5.41, 5.74) is 8.43. The van der Waals surface area contributed by atoms with Gasteiger partial charge in [-0.1, -0.05) is 13.3 Å². The molecule has 0 aliphatic heterocycles. The van der Waals surface area contributed by atoms with Crippen molar-refractivity contribution >= 4 is 22.5 Å². The van der Waals surface area contributed by atoms with E-state index in [9.17, 15) is 4.79 Å². The second-order valence-electron chi connectivity index (χ2n) is 5.90. The van der Waals surface area contributed by atoms with E-state index in [0.717, 1.165) is 23.9 Å². The van der Waals surface area contributed by atoms with Gasteiger partial charge in [0.05, 0.1) is 5.56 Å². The minimum absolute atomic E-state index is 0.0124. The SMILES string of the molecule is CCC1(CNC(=O)c2c[nH]c3ccc(N)cc23)CCC1. The normalized spacial score (nSPS) is 16.9. The molecule has 0 saturated heterocycles. The Morgan fingerprint density at radius 2 is 2.25 bits per heavy atom. The average molecular weight is 271 g/mol. The third-order valence-electron chi connectivity index (χ3n) is 4.74. The highest BCUT2D eigenvalue weighted by Gasteiger charge is 2.35. The monoisotopic (exact) mass is 271 g/mol. The van der Waals surface area contributed by atoms with Crippen LogP contribution in [0, 0.1) is 5.41 Å². The molecule has 1 aromatic heterocycles. The largest absolute Gasteiger partial charge is 0.399 e. The molecule has 0 radical (unpaired) electrons. The number of nitrogens with one attached hydrogen (secondary N) is 2. The second-order valence-corrected chi connectivity index (χ2v) is 5.90. The third-order valence-corrected chi connectivity index (χ3v) is 4.74. The van der Waals surface area contributed by atoms with Crippen LogP contribution in [0.1, 0.15) is 43.0 Å². The smallest absolute Gasteiger partial charge is 0.253 e. The maximum atomic E-state index is 12.4. The first-order chi connectivity index (χ1) is 9.63. The van der Waals surface area contributed by atoms with Gasteiger partial charge < -0.3 is 16.0 Å². The zero-order valence-electron chi connectivity index (χ0n) is 11.8. The second kappa shape index (κ2) is 4.85. The van der Waals surface area contributed by atoms with E-state index in [1.807, 2.05) is 18.2 Å². The number of hydrogen-bond donors (Lipinski definition) is 3. The van der Waals surface area contributed by atoms with Gasteiger partial charge in [0.2, 0.25) is 0 Å². The maximum Gasteiger partial charge on any atom is 0.253 e. The number of aromatic amines is 1. The van der Waals surface area contributed by atoms with Crippen LogP contribution in [0.5, 0.6) is 0 Å². The predicted octanol–water partition coefficient (Wildman–Crippen LogP) is 3.06. The molecule has 1 fully saturated rings. The standard InChI is InChI=1S/C16H21N3O/c1-2-16(6-3-7-16)10-19-15(20)13-9-18-14-5-4-11(17)8-12(13)14/h4-5,8-9,18H,2-3,6-7,10,17H2,1H3,(H,19,20). The molecule has 3 rings (SSSR count). The van der Waals surface area contributed by atoms with Crippen LogP contribution < -0.4 is 11.1 Å². The Hall–Kier alpha value is -1.97. The molecule has 20 heavy (non-hydrogen) atoms. The Kier molecular flexibility index (Phi) is 3.16. The molecule has 1 heterocycles. The lowest BCUT2D eigenvalue weighted by Crippen LogP contribution is -2.41. The van der Waals surface area contributed by atoms with E-state index in [-0.39, 0.29) is 5.91 Å². The van der Waals surface area contributed by atoms with Crippen LogP contribution >= 0.6 is 0 Å². The molecule has 0 spiro atoms. The van der Waals surface area contributed by atoms with Gasteiger partial charge in [-0.3, -0.25) is 4.79 Å². The Morgan fingerprint density at radius 1 is 1.45 bits per heavy atom. The van der Waals surface area contributed by atoms with Crippen LogP contribution in [0.4, 0.5) is 5.69 Å². The summed E-state index contributed by atoms with van der Waals surface area (Å²) in [6.45, 7) is 2.98. The molecule has 106 valence electrons. The zero-order valence-corrected chi connectivity index (χ0v) is 11.8. The third kappa shape index (κ3) is 2.15. The molecular formula is C16H21N3O. The molecule has 0 unspecified atom stereocenters. The number of anilines is 1. The highest BCUT2D eigenvalue weighted by Crippen LogP contribution is 2.43. The number of hydrogen-bond acceptors (Lipinski definition) is 2. The number of carbonyl (C=O) groups excluding carboxylic acids is 1. The van der Waals surface area contributed by atoms with Gasteiger partial charge in [-0.2, -0.15) is 0 Å². The number of fused-ring (bicyclic) bond motifs is 1. The summed E-state index contributed by atoms with van der Waals surface area (Å²) in [6, 6.07) is 5.58. The van der Waals surface area contributed by atoms with Crippen molar-refractivity contribution in [2.45, 2.75) is 32.6 Å². The molecule has 1 aromatic carbocycles. The Balaban J connectivity index is 1.77. The topological polar surface area (TPSA) is 70.9 Å². The minimum atomic E-state index is -0.0124. The van der Waals surface area contributed by atoms with Gasteiger partial charge in [0.15, 0.2) is 0 Å². The van der Waals surface area contributed by atoms with E-state index in [2.05, 4.69) is 17.2 Å². The van der Waals surface area contributed by atoms with Crippen LogP contribution in [0.15, 0.2) is 24.4 Å². The number of rotatable bonds is 4. The number of aromatic nitrogens is 1. The predicted molar refractivity (Wildman–Crippen MR) is 81.6 cm³/mol. The summed E-state index contributed by atoms with van der Waals surface area (Å²) < 4.78 is 0. The van der Waals surface area contributed by atoms with Gasteiger partial charge >= 0.3 is 0 Å². The van der Waals surface area contributed by atoms with E-state index in [0.29, 0.717) is 16.7 Å². The fourth-order valence-electron chi connectivity index (χ4n) is 3.02. The van der Waals surface area contributed by atoms with Crippen molar-refractivity contribution in [3.8, 4) is 0 Å². The Bertz CT molecular complexity index is 635. The maximum absolute atomic E-state index is 12.4. The first-order valence-electron chi connectivity index (χ1n) is 7.28. The summed E-state index contributed by atoms with van der Waals surface area (Å²) in [7, 11) is 0. The molecule has 1 aliphatic rings. The molecular weight excluding hydrogens is 250 g/mol. The molecule has 0 bridgehead atoms. The summed E-state index contributed by atoms with van der Waals surface area (Å²) in [6.07, 6.45) is 6.63. The van der Waals surface area contributed by atoms with Gasteiger partial charge in [-0.05, 0) is 42.9 Å². The zero-order chi connectivity index (χ0) is 14.2. The van der Waals surface area contributed by atoms with Gasteiger partial charge in [0.25, 0.3) is 5.91 Å². The summed E-state index contributed by atoms with van der Waals surface area (Å²) >= 11 is 0. The van der Waals surface area contributed by atoms with Crippen molar-refractivity contribution in [1.82, 2.24) is 10.3 Å². The molecule has 1 saturated carbocycles. The van der Waals surface area contributed by atoms with Gasteiger partial charge in [-0.25, -0.2) is 0 Å². The van der Waals surface area contributed by atoms with Crippen LogP contribution in [0.25, 0.3) is 10.9 Å². The number of amides is 1. The summed E-state index contributed by atoms with van der Waals surface area (Å²) in [5.74, 6) is -0.0124. The molecule has 4 nitrogen and oxygen atoms in total. The fraction of sp³-hybridized carbons (Fsp3) is 0.438. The van der Waals surface area contributed by atoms with Crippen LogP contribution in [-0.4, -0.2) is 17.4 Å². The molecule has 1 amide bonds. The number of nitrogens with two attached hydrogens (primary N) is 1. The number of carbonyl (C=O) groups is 1. The van der Waals surface area contributed by atoms with E-state index in [1.54, 1.807) is 6.20 Å². The van der Waals surface area contributed by atoms with Crippen LogP contribution in [0.3, 0.4) is 0 Å².